The normalized spacial score (nSPS) is 15.4. The first-order chi connectivity index (χ1) is 10.3. The van der Waals surface area contributed by atoms with E-state index in [-0.39, 0.29) is 38.0 Å². The number of halogens is 2. The molecule has 0 atom stereocenters. The number of ether oxygens (including phenoxy) is 2. The van der Waals surface area contributed by atoms with Crippen LogP contribution in [0.2, 0.25) is 0 Å². The number of aliphatic hydroxyl groups is 2. The zero-order valence-electron chi connectivity index (χ0n) is 13.2. The average Bonchev–Trinajstić information content (AvgIpc) is 3.14. The second-order valence-electron chi connectivity index (χ2n) is 4.75. The number of rotatable bonds is 8. The van der Waals surface area contributed by atoms with Crippen LogP contribution in [0.1, 0.15) is 19.8 Å². The summed E-state index contributed by atoms with van der Waals surface area (Å²) >= 11 is -2.08. The largest absolute Gasteiger partial charge is 0.147 e. The van der Waals surface area contributed by atoms with Crippen LogP contribution in [0.15, 0.2) is 42.4 Å². The molecule has 0 aromatic heterocycles. The van der Waals surface area contributed by atoms with Gasteiger partial charge in [-0.25, -0.2) is 0 Å². The van der Waals surface area contributed by atoms with Gasteiger partial charge < -0.3 is 0 Å². The maximum Gasteiger partial charge on any atom is -0.147 e. The fraction of sp³-hybridized carbons (Fsp3) is 0.438. The van der Waals surface area contributed by atoms with Crippen LogP contribution in [0.3, 0.4) is 0 Å². The molecule has 7 heteroatoms. The first-order valence-corrected chi connectivity index (χ1v) is 11.1. The summed E-state index contributed by atoms with van der Waals surface area (Å²) in [6, 6.07) is 0. The molecule has 0 aromatic rings. The Morgan fingerprint density at radius 3 is 1.74 bits per heavy atom. The van der Waals surface area contributed by atoms with Crippen LogP contribution in [0.5, 0.6) is 0 Å². The van der Waals surface area contributed by atoms with Crippen LogP contribution in [-0.4, -0.2) is 40.3 Å². The Labute approximate surface area is 157 Å². The Balaban J connectivity index is 0.00000242. The van der Waals surface area contributed by atoms with Crippen molar-refractivity contribution in [2.45, 2.75) is 19.8 Å². The SMILES string of the molecule is C[CH]=[Zr]([C]1=C(OCCO)C=CC1)[C]1=C(OCCO)C=CC1.Cl.Cl. The molecule has 0 spiro atoms. The van der Waals surface area contributed by atoms with Gasteiger partial charge in [-0.15, -0.1) is 24.8 Å². The van der Waals surface area contributed by atoms with Crippen LogP contribution in [-0.2, 0) is 30.7 Å². The van der Waals surface area contributed by atoms with E-state index in [1.165, 1.54) is 6.56 Å². The van der Waals surface area contributed by atoms with Crippen molar-refractivity contribution >= 4 is 28.5 Å². The first-order valence-electron chi connectivity index (χ1n) is 7.25. The molecule has 0 heterocycles. The maximum atomic E-state index is 8.93. The summed E-state index contributed by atoms with van der Waals surface area (Å²) in [6.07, 6.45) is 10.2. The van der Waals surface area contributed by atoms with Crippen LogP contribution in [0.4, 0.5) is 0 Å². The Bertz CT molecular complexity index is 492. The Morgan fingerprint density at radius 2 is 1.39 bits per heavy atom. The van der Waals surface area contributed by atoms with Gasteiger partial charge in [0.1, 0.15) is 0 Å². The molecule has 0 amide bonds. The Hall–Kier alpha value is -0.187. The van der Waals surface area contributed by atoms with E-state index in [0.717, 1.165) is 24.4 Å². The molecule has 0 bridgehead atoms. The minimum absolute atomic E-state index is 0. The van der Waals surface area contributed by atoms with Gasteiger partial charge in [-0.1, -0.05) is 0 Å². The molecule has 0 fully saturated rings. The summed E-state index contributed by atoms with van der Waals surface area (Å²) < 4.78 is 16.5. The van der Waals surface area contributed by atoms with Gasteiger partial charge in [0.05, 0.1) is 0 Å². The first kappa shape index (κ1) is 22.8. The Kier molecular flexibility index (Phi) is 12.1. The van der Waals surface area contributed by atoms with Crippen molar-refractivity contribution < 1.29 is 41.0 Å². The molecule has 2 N–H and O–H groups in total. The summed E-state index contributed by atoms with van der Waals surface area (Å²) in [4.78, 5) is 0. The van der Waals surface area contributed by atoms with Gasteiger partial charge in [0, 0.05) is 0 Å². The molecular weight excluding hydrogens is 418 g/mol. The van der Waals surface area contributed by atoms with E-state index in [1.807, 2.05) is 12.2 Å². The fourth-order valence-corrected chi connectivity index (χ4v) is 8.91. The van der Waals surface area contributed by atoms with Crippen molar-refractivity contribution in [3.63, 3.8) is 0 Å². The third-order valence-electron chi connectivity index (χ3n) is 3.41. The van der Waals surface area contributed by atoms with E-state index >= 15 is 0 Å². The van der Waals surface area contributed by atoms with Gasteiger partial charge in [-0.2, -0.15) is 0 Å². The van der Waals surface area contributed by atoms with Crippen molar-refractivity contribution in [1.29, 1.82) is 0 Å². The molecule has 23 heavy (non-hydrogen) atoms. The second kappa shape index (κ2) is 12.2. The minimum Gasteiger partial charge on any atom is -0.147 e. The third kappa shape index (κ3) is 5.99. The van der Waals surface area contributed by atoms with E-state index in [0.29, 0.717) is 13.2 Å². The summed E-state index contributed by atoms with van der Waals surface area (Å²) in [5, 5.41) is 17.9. The molecular formula is C16H24Cl2O4Zr. The molecule has 0 saturated carbocycles. The number of aliphatic hydroxyl groups excluding tert-OH is 2. The number of hydrogen-bond donors (Lipinski definition) is 2. The van der Waals surface area contributed by atoms with Gasteiger partial charge in [-0.05, 0) is 0 Å². The number of hydrogen-bond acceptors (Lipinski definition) is 4. The molecule has 0 saturated heterocycles. The molecule has 0 radical (unpaired) electrons. The van der Waals surface area contributed by atoms with E-state index < -0.39 is 21.3 Å². The van der Waals surface area contributed by atoms with Crippen molar-refractivity contribution in [2.75, 3.05) is 26.4 Å². The molecule has 130 valence electrons. The molecule has 0 aliphatic heterocycles. The monoisotopic (exact) mass is 440 g/mol. The van der Waals surface area contributed by atoms with E-state index in [2.05, 4.69) is 22.8 Å². The minimum atomic E-state index is -2.08. The molecule has 0 unspecified atom stereocenters. The van der Waals surface area contributed by atoms with E-state index in [4.69, 9.17) is 19.7 Å². The molecule has 2 rings (SSSR count). The van der Waals surface area contributed by atoms with Gasteiger partial charge in [0.25, 0.3) is 0 Å². The summed E-state index contributed by atoms with van der Waals surface area (Å²) in [5.74, 6) is 1.88. The van der Waals surface area contributed by atoms with Crippen molar-refractivity contribution in [1.82, 2.24) is 0 Å². The topological polar surface area (TPSA) is 58.9 Å². The quantitative estimate of drug-likeness (QED) is 0.607. The maximum absolute atomic E-state index is 8.93. The molecule has 4 nitrogen and oxygen atoms in total. The van der Waals surface area contributed by atoms with Crippen molar-refractivity contribution in [3.05, 3.63) is 42.4 Å². The zero-order chi connectivity index (χ0) is 15.1. The van der Waals surface area contributed by atoms with Gasteiger partial charge in [0.2, 0.25) is 0 Å². The smallest absolute Gasteiger partial charge is 0.147 e. The van der Waals surface area contributed by atoms with E-state index in [9.17, 15) is 0 Å². The van der Waals surface area contributed by atoms with Gasteiger partial charge in [0.15, 0.2) is 0 Å². The predicted molar refractivity (Wildman–Crippen MR) is 93.9 cm³/mol. The second-order valence-corrected chi connectivity index (χ2v) is 11.2. The molecule has 2 aliphatic carbocycles. The summed E-state index contributed by atoms with van der Waals surface area (Å²) in [7, 11) is 0. The van der Waals surface area contributed by atoms with Gasteiger partial charge in [-0.3, -0.25) is 0 Å². The average molecular weight is 442 g/mol. The number of allylic oxidation sites excluding steroid dienone is 6. The zero-order valence-corrected chi connectivity index (χ0v) is 17.2. The third-order valence-corrected chi connectivity index (χ3v) is 10.2. The predicted octanol–water partition coefficient (Wildman–Crippen LogP) is 2.63. The van der Waals surface area contributed by atoms with Crippen LogP contribution in [0.25, 0.3) is 0 Å². The van der Waals surface area contributed by atoms with Crippen LogP contribution >= 0.6 is 24.8 Å². The summed E-state index contributed by atoms with van der Waals surface area (Å²) in [6.45, 7) is 2.88. The Morgan fingerprint density at radius 1 is 0.957 bits per heavy atom. The van der Waals surface area contributed by atoms with Crippen LogP contribution in [0, 0.1) is 0 Å². The van der Waals surface area contributed by atoms with Crippen molar-refractivity contribution in [2.24, 2.45) is 0 Å². The molecule has 0 aromatic carbocycles. The van der Waals surface area contributed by atoms with Gasteiger partial charge >= 0.3 is 133 Å². The summed E-state index contributed by atoms with van der Waals surface area (Å²) in [5.41, 5.74) is 0. The van der Waals surface area contributed by atoms with E-state index in [1.54, 1.807) is 0 Å². The van der Waals surface area contributed by atoms with Crippen LogP contribution < -0.4 is 0 Å². The van der Waals surface area contributed by atoms with Crippen molar-refractivity contribution in [3.8, 4) is 0 Å². The fourth-order valence-electron chi connectivity index (χ4n) is 2.57. The molecule has 2 aliphatic rings. The standard InChI is InChI=1S/2C7H9O2.C2H4.2ClH.Zr/c2*8-5-6-9-7-3-1-2-4-7;1-2;;;/h2*1,3,8H,2,5-6H2;1H,2H3;2*1H;.